The molecule has 1 saturated heterocycles. The summed E-state index contributed by atoms with van der Waals surface area (Å²) in [7, 11) is 1.45. The van der Waals surface area contributed by atoms with Crippen molar-refractivity contribution in [3.05, 3.63) is 29.8 Å². The van der Waals surface area contributed by atoms with Crippen LogP contribution in [0.15, 0.2) is 34.2 Å². The van der Waals surface area contributed by atoms with Gasteiger partial charge in [0.15, 0.2) is 5.96 Å². The van der Waals surface area contributed by atoms with Gasteiger partial charge in [-0.1, -0.05) is 19.1 Å². The maximum absolute atomic E-state index is 11.9. The molecule has 2 atom stereocenters. The van der Waals surface area contributed by atoms with E-state index in [9.17, 15) is 4.79 Å². The first-order valence-electron chi connectivity index (χ1n) is 8.33. The second-order valence-electron chi connectivity index (χ2n) is 6.03. The van der Waals surface area contributed by atoms with E-state index in [1.807, 2.05) is 0 Å². The summed E-state index contributed by atoms with van der Waals surface area (Å²) in [5, 5.41) is 3.34. The molecule has 2 unspecified atom stereocenters. The maximum Gasteiger partial charge on any atom is 0.310 e. The van der Waals surface area contributed by atoms with Crippen molar-refractivity contribution in [2.75, 3.05) is 33.0 Å². The Bertz CT molecular complexity index is 574. The van der Waals surface area contributed by atoms with E-state index in [0.717, 1.165) is 19.0 Å². The summed E-state index contributed by atoms with van der Waals surface area (Å²) in [4.78, 5) is 20.0. The first-order valence-corrected chi connectivity index (χ1v) is 9.55. The number of hydrogen-bond donors (Lipinski definition) is 1. The number of esters is 1. The number of nitrogens with zero attached hydrogens (tertiary/aromatic N) is 2. The molecule has 1 N–H and O–H groups in total. The van der Waals surface area contributed by atoms with Crippen molar-refractivity contribution in [3.8, 4) is 0 Å². The summed E-state index contributed by atoms with van der Waals surface area (Å²) in [5.74, 6) is 0.917. The van der Waals surface area contributed by atoms with Crippen molar-refractivity contribution in [1.82, 2.24) is 10.2 Å². The molecule has 132 valence electrons. The number of benzene rings is 1. The van der Waals surface area contributed by atoms with Gasteiger partial charge >= 0.3 is 5.97 Å². The molecule has 1 aromatic rings. The second-order valence-corrected chi connectivity index (χ2v) is 6.91. The van der Waals surface area contributed by atoms with Crippen LogP contribution in [0.5, 0.6) is 0 Å². The van der Waals surface area contributed by atoms with Crippen LogP contribution in [0.1, 0.15) is 19.4 Å². The van der Waals surface area contributed by atoms with Gasteiger partial charge in [0.05, 0.1) is 19.6 Å². The molecule has 0 saturated carbocycles. The molecule has 0 bridgehead atoms. The molecule has 1 aromatic carbocycles. The zero-order valence-corrected chi connectivity index (χ0v) is 15.7. The molecule has 1 heterocycles. The highest BCUT2D eigenvalue weighted by Crippen LogP contribution is 2.24. The molecule has 24 heavy (non-hydrogen) atoms. The fourth-order valence-electron chi connectivity index (χ4n) is 2.92. The summed E-state index contributed by atoms with van der Waals surface area (Å²) in [6, 6.07) is 8.47. The molecular weight excluding hydrogens is 322 g/mol. The lowest BCUT2D eigenvalue weighted by atomic mass is 9.99. The fourth-order valence-corrected chi connectivity index (χ4v) is 3.33. The smallest absolute Gasteiger partial charge is 0.310 e. The number of aliphatic imine (C=N–C) groups is 1. The van der Waals surface area contributed by atoms with Crippen molar-refractivity contribution in [3.63, 3.8) is 0 Å². The van der Waals surface area contributed by atoms with E-state index in [0.29, 0.717) is 13.1 Å². The first-order chi connectivity index (χ1) is 11.6. The van der Waals surface area contributed by atoms with Gasteiger partial charge in [-0.05, 0) is 36.8 Å². The van der Waals surface area contributed by atoms with Crippen molar-refractivity contribution < 1.29 is 9.53 Å². The third-order valence-corrected chi connectivity index (χ3v) is 5.06. The molecule has 0 spiro atoms. The Morgan fingerprint density at radius 1 is 1.38 bits per heavy atom. The van der Waals surface area contributed by atoms with Crippen LogP contribution in [-0.2, 0) is 16.1 Å². The van der Waals surface area contributed by atoms with E-state index < -0.39 is 0 Å². The van der Waals surface area contributed by atoms with E-state index in [1.54, 1.807) is 11.8 Å². The highest BCUT2D eigenvalue weighted by Gasteiger charge is 2.36. The lowest BCUT2D eigenvalue weighted by Crippen LogP contribution is -2.40. The van der Waals surface area contributed by atoms with Gasteiger partial charge < -0.3 is 15.0 Å². The minimum Gasteiger partial charge on any atom is -0.469 e. The topological polar surface area (TPSA) is 53.9 Å². The quantitative estimate of drug-likeness (QED) is 0.383. The van der Waals surface area contributed by atoms with E-state index in [1.165, 1.54) is 17.6 Å². The summed E-state index contributed by atoms with van der Waals surface area (Å²) < 4.78 is 4.92. The van der Waals surface area contributed by atoms with E-state index in [-0.39, 0.29) is 17.8 Å². The van der Waals surface area contributed by atoms with E-state index >= 15 is 0 Å². The standard InChI is InChI=1S/C18H27N3O2S/c1-5-19-18(20-10-14-6-8-15(24-4)9-7-14)21-11-13(2)16(12-21)17(22)23-3/h6-9,13,16H,5,10-12H2,1-4H3,(H,19,20). The molecule has 0 aliphatic carbocycles. The number of methoxy groups -OCH3 is 1. The average molecular weight is 350 g/mol. The SMILES string of the molecule is CCNC(=NCc1ccc(SC)cc1)N1CC(C)C(C(=O)OC)C1. The maximum atomic E-state index is 11.9. The van der Waals surface area contributed by atoms with E-state index in [2.05, 4.69) is 54.6 Å². The highest BCUT2D eigenvalue weighted by molar-refractivity contribution is 7.98. The minimum atomic E-state index is -0.131. The van der Waals surface area contributed by atoms with Crippen molar-refractivity contribution in [1.29, 1.82) is 0 Å². The number of carbonyl (C=O) groups is 1. The van der Waals surface area contributed by atoms with Gasteiger partial charge in [-0.3, -0.25) is 4.79 Å². The molecule has 1 aliphatic heterocycles. The summed E-state index contributed by atoms with van der Waals surface area (Å²) in [6.07, 6.45) is 2.07. The monoisotopic (exact) mass is 349 g/mol. The zero-order chi connectivity index (χ0) is 17.5. The number of likely N-dealkylation sites (tertiary alicyclic amines) is 1. The Balaban J connectivity index is 2.06. The van der Waals surface area contributed by atoms with Crippen LogP contribution in [0.4, 0.5) is 0 Å². The van der Waals surface area contributed by atoms with Gasteiger partial charge in [0, 0.05) is 24.5 Å². The van der Waals surface area contributed by atoms with Gasteiger partial charge in [0.2, 0.25) is 0 Å². The average Bonchev–Trinajstić information content (AvgIpc) is 3.00. The third-order valence-electron chi connectivity index (χ3n) is 4.32. The molecule has 1 aliphatic rings. The molecule has 1 fully saturated rings. The number of carbonyl (C=O) groups excluding carboxylic acids is 1. The highest BCUT2D eigenvalue weighted by atomic mass is 32.2. The largest absolute Gasteiger partial charge is 0.469 e. The Morgan fingerprint density at radius 2 is 2.08 bits per heavy atom. The zero-order valence-electron chi connectivity index (χ0n) is 14.9. The third kappa shape index (κ3) is 4.66. The first kappa shape index (κ1) is 18.6. The molecular formula is C18H27N3O2S. The van der Waals surface area contributed by atoms with Crippen molar-refractivity contribution in [2.45, 2.75) is 25.3 Å². The van der Waals surface area contributed by atoms with Crippen molar-refractivity contribution >= 4 is 23.7 Å². The Hall–Kier alpha value is -1.69. The van der Waals surface area contributed by atoms with E-state index in [4.69, 9.17) is 9.73 Å². The predicted octanol–water partition coefficient (Wildman–Crippen LogP) is 2.61. The molecule has 0 amide bonds. The number of guanidine groups is 1. The summed E-state index contributed by atoms with van der Waals surface area (Å²) in [5.41, 5.74) is 1.18. The van der Waals surface area contributed by atoms with Gasteiger partial charge in [-0.15, -0.1) is 11.8 Å². The molecule has 5 nitrogen and oxygen atoms in total. The lowest BCUT2D eigenvalue weighted by molar-refractivity contribution is -0.145. The number of nitrogens with one attached hydrogen (secondary N) is 1. The summed E-state index contributed by atoms with van der Waals surface area (Å²) >= 11 is 1.74. The number of ether oxygens (including phenoxy) is 1. The van der Waals surface area contributed by atoms with Crippen LogP contribution in [0.3, 0.4) is 0 Å². The number of thioether (sulfide) groups is 1. The van der Waals surface area contributed by atoms with Gasteiger partial charge in [-0.25, -0.2) is 4.99 Å². The van der Waals surface area contributed by atoms with Gasteiger partial charge in [-0.2, -0.15) is 0 Å². The van der Waals surface area contributed by atoms with Crippen LogP contribution in [0.2, 0.25) is 0 Å². The summed E-state index contributed by atoms with van der Waals surface area (Å²) in [6.45, 7) is 7.05. The second kappa shape index (κ2) is 8.97. The fraction of sp³-hybridized carbons (Fsp3) is 0.556. The molecule has 0 aromatic heterocycles. The Kier molecular flexibility index (Phi) is 6.97. The number of hydrogen-bond acceptors (Lipinski definition) is 4. The Morgan fingerprint density at radius 3 is 2.67 bits per heavy atom. The van der Waals surface area contributed by atoms with Crippen LogP contribution in [-0.4, -0.2) is 49.8 Å². The van der Waals surface area contributed by atoms with Crippen LogP contribution < -0.4 is 5.32 Å². The lowest BCUT2D eigenvalue weighted by Gasteiger charge is -2.21. The predicted molar refractivity (Wildman–Crippen MR) is 99.3 cm³/mol. The van der Waals surface area contributed by atoms with Gasteiger partial charge in [0.1, 0.15) is 0 Å². The normalized spacial score (nSPS) is 21.0. The van der Waals surface area contributed by atoms with Gasteiger partial charge in [0.25, 0.3) is 0 Å². The molecule has 2 rings (SSSR count). The van der Waals surface area contributed by atoms with Crippen LogP contribution in [0, 0.1) is 11.8 Å². The van der Waals surface area contributed by atoms with Crippen LogP contribution in [0.25, 0.3) is 0 Å². The number of rotatable bonds is 5. The molecule has 0 radical (unpaired) electrons. The molecule has 6 heteroatoms. The Labute approximate surface area is 148 Å². The minimum absolute atomic E-state index is 0.0836. The van der Waals surface area contributed by atoms with Crippen molar-refractivity contribution in [2.24, 2.45) is 16.8 Å². The van der Waals surface area contributed by atoms with Crippen LogP contribution >= 0.6 is 11.8 Å².